The normalized spacial score (nSPS) is 13.5. The number of fused-ring (bicyclic) bond motifs is 8. The molecule has 10 nitrogen and oxygen atoms in total. The molecule has 0 aliphatic carbocycles. The van der Waals surface area contributed by atoms with Crippen LogP contribution in [-0.2, 0) is 49.0 Å². The molecule has 2 aliphatic rings. The number of hydrogen-bond acceptors (Lipinski definition) is 8. The van der Waals surface area contributed by atoms with Gasteiger partial charge >= 0.3 is 16.5 Å². The topological polar surface area (TPSA) is 146 Å². The van der Waals surface area contributed by atoms with Crippen molar-refractivity contribution in [2.45, 2.75) is 157 Å². The van der Waals surface area contributed by atoms with Gasteiger partial charge < -0.3 is 40.1 Å². The maximum Gasteiger partial charge on any atom is 2.00 e. The van der Waals surface area contributed by atoms with Crippen molar-refractivity contribution >= 4 is 45.3 Å². The first-order chi connectivity index (χ1) is 40.2. The maximum absolute atomic E-state index is 12.1. The molecule has 11 rings (SSSR count). The van der Waals surface area contributed by atoms with Crippen molar-refractivity contribution in [3.05, 3.63) is 213 Å². The second-order valence-corrected chi connectivity index (χ2v) is 29.4. The molecule has 11 heteroatoms. The van der Waals surface area contributed by atoms with Crippen LogP contribution >= 0.6 is 0 Å². The fourth-order valence-electron chi connectivity index (χ4n) is 11.2. The predicted molar refractivity (Wildman–Crippen MR) is 354 cm³/mol. The van der Waals surface area contributed by atoms with Crippen LogP contribution in [0.25, 0.3) is 89.8 Å². The van der Waals surface area contributed by atoms with Crippen molar-refractivity contribution in [2.75, 3.05) is 0 Å². The summed E-state index contributed by atoms with van der Waals surface area (Å²) >= 11 is 0. The molecule has 6 aromatic carbocycles. The Morgan fingerprint density at radius 3 is 0.609 bits per heavy atom. The maximum atomic E-state index is 12.1. The molecule has 9 aromatic rings. The summed E-state index contributed by atoms with van der Waals surface area (Å²) < 4.78 is 0. The number of rotatable bonds is 6. The SMILES string of the molecule is CC(C)(C)c1ccc(C2=C(c3ccc(C(C)(C)C)cc3)c3nc2nc2[n-]c(nc4nc(nc5[n-]c(n3)c(-c3ccc(C(C)(C)C)cc3)c5-c3ccc(C(C)(C)C)cc3)C(O)=C4O)c(-c3ccc(C(C)(C)C)cc3)c2-c2ccc(C(C)(C)C)cc2)cc1.[Ni+2]. The van der Waals surface area contributed by atoms with Gasteiger partial charge in [-0.05, 0) is 99.3 Å². The second kappa shape index (κ2) is 22.2. The van der Waals surface area contributed by atoms with Gasteiger partial charge in [0.05, 0.1) is 11.6 Å². The van der Waals surface area contributed by atoms with Crippen molar-refractivity contribution in [2.24, 2.45) is 0 Å². The Hall–Kier alpha value is -8.27. The first kappa shape index (κ1) is 61.8. The minimum Gasteiger partial charge on any atom is -0.503 e. The van der Waals surface area contributed by atoms with Crippen molar-refractivity contribution < 1.29 is 26.7 Å². The van der Waals surface area contributed by atoms with Gasteiger partial charge in [-0.3, -0.25) is 0 Å². The third-order valence-electron chi connectivity index (χ3n) is 16.7. The van der Waals surface area contributed by atoms with Crippen LogP contribution in [0.4, 0.5) is 0 Å². The quantitative estimate of drug-likeness (QED) is 0.154. The average Bonchev–Trinajstić information content (AvgIpc) is 1.73. The zero-order valence-electron chi connectivity index (χ0n) is 53.6. The van der Waals surface area contributed by atoms with E-state index in [9.17, 15) is 10.2 Å². The van der Waals surface area contributed by atoms with Gasteiger partial charge in [0.25, 0.3) is 0 Å². The minimum atomic E-state index is -0.546. The molecule has 3 aromatic heterocycles. The van der Waals surface area contributed by atoms with Crippen LogP contribution in [-0.4, -0.2) is 40.1 Å². The standard InChI is InChI=1S/C76H80N8O2.Ni/c1-71(2,3)49-31-19-43(20-32-49)55-56(44-21-33-50(34-22-44)72(4,5)6)64-77-63(55)78-65-57(45-23-35-51(36-24-45)73(7,8)9)59(47-27-39-53(40-28-47)75(13,14)15)67(80-65)82-69-61(85)62(86)70(84-69)83-68-60(48-29-41-54(42-30-48)76(16,17)18)58(66(79-64)81-68)46-25-37-52(38-26-46)74(10,11)12;/h19-42H,1-18H3,(H2-2,77,78,79,80,81,82,83,84,85,86);/q-2;+2. The van der Waals surface area contributed by atoms with Gasteiger partial charge in [0.1, 0.15) is 11.6 Å². The van der Waals surface area contributed by atoms with E-state index in [1.165, 1.54) is 11.1 Å². The van der Waals surface area contributed by atoms with E-state index in [2.05, 4.69) is 270 Å². The van der Waals surface area contributed by atoms with Gasteiger partial charge in [0.2, 0.25) is 0 Å². The monoisotopic (exact) mass is 1190 g/mol. The molecule has 0 saturated carbocycles. The van der Waals surface area contributed by atoms with E-state index in [0.29, 0.717) is 45.2 Å². The van der Waals surface area contributed by atoms with Gasteiger partial charge in [-0.25, -0.2) is 9.97 Å². The zero-order chi connectivity index (χ0) is 61.8. The summed E-state index contributed by atoms with van der Waals surface area (Å²) in [6.45, 7) is 39.7. The molecule has 446 valence electrons. The van der Waals surface area contributed by atoms with Gasteiger partial charge in [0, 0.05) is 56.0 Å². The second-order valence-electron chi connectivity index (χ2n) is 29.4. The van der Waals surface area contributed by atoms with Crippen molar-refractivity contribution in [1.82, 2.24) is 39.9 Å². The third-order valence-corrected chi connectivity index (χ3v) is 16.7. The summed E-state index contributed by atoms with van der Waals surface area (Å²) in [6, 6.07) is 51.4. The van der Waals surface area contributed by atoms with Crippen LogP contribution in [0.5, 0.6) is 0 Å². The van der Waals surface area contributed by atoms with Crippen LogP contribution in [0.2, 0.25) is 0 Å². The Labute approximate surface area is 523 Å². The largest absolute Gasteiger partial charge is 2.00 e. The number of benzene rings is 6. The summed E-state index contributed by atoms with van der Waals surface area (Å²) in [4.78, 5) is 42.8. The van der Waals surface area contributed by atoms with Gasteiger partial charge in [0.15, 0.2) is 11.5 Å². The molecule has 5 heterocycles. The number of nitrogens with zero attached hydrogens (tertiary/aromatic N) is 8. The van der Waals surface area contributed by atoms with E-state index in [4.69, 9.17) is 39.9 Å². The van der Waals surface area contributed by atoms with Crippen molar-refractivity contribution in [3.8, 4) is 44.5 Å². The smallest absolute Gasteiger partial charge is 0.503 e. The Bertz CT molecular complexity index is 4060. The minimum absolute atomic E-state index is 0. The fraction of sp³-hybridized carbons (Fsp3) is 0.316. The van der Waals surface area contributed by atoms with E-state index < -0.39 is 11.5 Å². The molecule has 2 aliphatic heterocycles. The molecular weight excluding hydrogens is 1120 g/mol. The fourth-order valence-corrected chi connectivity index (χ4v) is 11.2. The number of aliphatic hydroxyl groups is 2. The Morgan fingerprint density at radius 2 is 0.414 bits per heavy atom. The molecule has 0 atom stereocenters. The van der Waals surface area contributed by atoms with Crippen LogP contribution < -0.4 is 9.97 Å². The molecule has 0 unspecified atom stereocenters. The Kier molecular flexibility index (Phi) is 15.7. The molecule has 2 N–H and O–H groups in total. The molecule has 0 spiro atoms. The molecule has 0 fully saturated rings. The first-order valence-corrected chi connectivity index (χ1v) is 30.0. The van der Waals surface area contributed by atoms with Crippen molar-refractivity contribution in [1.29, 1.82) is 0 Å². The van der Waals surface area contributed by atoms with E-state index in [-0.39, 0.29) is 71.9 Å². The summed E-state index contributed by atoms with van der Waals surface area (Å²) in [5, 5.41) is 24.1. The number of aromatic nitrogens is 8. The van der Waals surface area contributed by atoms with E-state index in [1.54, 1.807) is 0 Å². The van der Waals surface area contributed by atoms with Gasteiger partial charge in [-0.1, -0.05) is 270 Å². The Morgan fingerprint density at radius 1 is 0.241 bits per heavy atom. The van der Waals surface area contributed by atoms with E-state index in [1.807, 2.05) is 0 Å². The number of hydrogen-bond donors (Lipinski definition) is 2. The van der Waals surface area contributed by atoms with Crippen LogP contribution in [0.3, 0.4) is 0 Å². The molecule has 87 heavy (non-hydrogen) atoms. The summed E-state index contributed by atoms with van der Waals surface area (Å²) in [7, 11) is 0. The van der Waals surface area contributed by atoms with Crippen LogP contribution in [0.1, 0.15) is 192 Å². The molecule has 0 radical (unpaired) electrons. The number of aliphatic hydroxyl groups excluding tert-OH is 2. The summed E-state index contributed by atoms with van der Waals surface area (Å²) in [5.74, 6) is -0.648. The third kappa shape index (κ3) is 12.1. The van der Waals surface area contributed by atoms with Crippen LogP contribution in [0.15, 0.2) is 146 Å². The van der Waals surface area contributed by atoms with Gasteiger partial charge in [-0.15, -0.1) is 0 Å². The first-order valence-electron chi connectivity index (χ1n) is 30.0. The zero-order valence-corrected chi connectivity index (χ0v) is 54.6. The van der Waals surface area contributed by atoms with Crippen molar-refractivity contribution in [3.63, 3.8) is 0 Å². The van der Waals surface area contributed by atoms with E-state index >= 15 is 0 Å². The van der Waals surface area contributed by atoms with Gasteiger partial charge in [-0.2, -0.15) is 0 Å². The molecule has 0 saturated heterocycles. The van der Waals surface area contributed by atoms with E-state index in [0.717, 1.165) is 66.8 Å². The molecule has 0 amide bonds. The average molecular weight is 1200 g/mol. The molecule has 8 bridgehead atoms. The Balaban J connectivity index is 0.00000838. The predicted octanol–water partition coefficient (Wildman–Crippen LogP) is 18.6. The summed E-state index contributed by atoms with van der Waals surface area (Å²) in [6.07, 6.45) is 0. The van der Waals surface area contributed by atoms with Crippen LogP contribution in [0, 0.1) is 0 Å². The molecular formula is C76H80N8NiO2. The summed E-state index contributed by atoms with van der Waals surface area (Å²) in [5.41, 5.74) is 16.8.